The molecule has 0 N–H and O–H groups in total. The Morgan fingerprint density at radius 3 is 2.41 bits per heavy atom. The first kappa shape index (κ1) is 21.7. The van der Waals surface area contributed by atoms with E-state index in [9.17, 15) is 4.79 Å². The van der Waals surface area contributed by atoms with Gasteiger partial charge in [0.15, 0.2) is 11.5 Å². The number of likely N-dealkylation sites (tertiary alicyclic amines) is 1. The van der Waals surface area contributed by atoms with Crippen LogP contribution >= 0.6 is 15.9 Å². The second-order valence-corrected chi connectivity index (χ2v) is 9.91. The highest BCUT2D eigenvalue weighted by molar-refractivity contribution is 9.10. The number of piperidine rings is 1. The van der Waals surface area contributed by atoms with Crippen LogP contribution in [0.5, 0.6) is 11.5 Å². The summed E-state index contributed by atoms with van der Waals surface area (Å²) in [6, 6.07) is 14.7. The Morgan fingerprint density at radius 1 is 0.875 bits per heavy atom. The van der Waals surface area contributed by atoms with Crippen LogP contribution in [0.2, 0.25) is 0 Å². The minimum Gasteiger partial charge on any atom is -0.454 e. The second kappa shape index (κ2) is 9.81. The molecule has 0 spiro atoms. The van der Waals surface area contributed by atoms with E-state index < -0.39 is 0 Å². The number of halogens is 1. The van der Waals surface area contributed by atoms with Gasteiger partial charge >= 0.3 is 0 Å². The highest BCUT2D eigenvalue weighted by Crippen LogP contribution is 2.33. The molecule has 2 saturated heterocycles. The number of fused-ring (bicyclic) bond motifs is 1. The average Bonchev–Trinajstić information content (AvgIpc) is 3.29. The molecular weight excluding hydrogens is 470 g/mol. The Kier molecular flexibility index (Phi) is 6.67. The summed E-state index contributed by atoms with van der Waals surface area (Å²) in [6.07, 6.45) is 2.10. The maximum Gasteiger partial charge on any atom is 0.231 e. The van der Waals surface area contributed by atoms with Gasteiger partial charge in [0, 0.05) is 50.3 Å². The van der Waals surface area contributed by atoms with Crippen LogP contribution in [-0.2, 0) is 17.9 Å². The minimum absolute atomic E-state index is 0.125. The minimum atomic E-state index is 0.125. The quantitative estimate of drug-likeness (QED) is 0.626. The summed E-state index contributed by atoms with van der Waals surface area (Å²) in [5.41, 5.74) is 2.53. The first-order valence-electron chi connectivity index (χ1n) is 11.5. The van der Waals surface area contributed by atoms with Gasteiger partial charge < -0.3 is 14.4 Å². The van der Waals surface area contributed by atoms with Crippen LogP contribution < -0.4 is 9.47 Å². The number of nitrogens with zero attached hydrogens (tertiary/aromatic N) is 3. The van der Waals surface area contributed by atoms with Crippen molar-refractivity contribution in [3.05, 3.63) is 58.1 Å². The molecule has 1 unspecified atom stereocenters. The van der Waals surface area contributed by atoms with Crippen LogP contribution in [0.25, 0.3) is 0 Å². The van der Waals surface area contributed by atoms with Crippen molar-refractivity contribution in [1.29, 1.82) is 0 Å². The number of hydrogen-bond donors (Lipinski definition) is 0. The van der Waals surface area contributed by atoms with E-state index in [-0.39, 0.29) is 5.92 Å². The molecule has 3 aliphatic rings. The molecule has 0 bridgehead atoms. The molecule has 2 aromatic carbocycles. The topological polar surface area (TPSA) is 45.3 Å². The zero-order valence-corrected chi connectivity index (χ0v) is 19.9. The van der Waals surface area contributed by atoms with Gasteiger partial charge in [0.25, 0.3) is 0 Å². The molecule has 170 valence electrons. The third kappa shape index (κ3) is 5.11. The smallest absolute Gasteiger partial charge is 0.231 e. The summed E-state index contributed by atoms with van der Waals surface area (Å²) in [5, 5.41) is 0. The van der Waals surface area contributed by atoms with E-state index in [1.165, 1.54) is 11.1 Å². The van der Waals surface area contributed by atoms with Gasteiger partial charge in [-0.2, -0.15) is 0 Å². The lowest BCUT2D eigenvalue weighted by atomic mass is 9.95. The summed E-state index contributed by atoms with van der Waals surface area (Å²) in [4.78, 5) is 20.2. The fourth-order valence-electron chi connectivity index (χ4n) is 4.93. The Labute approximate surface area is 198 Å². The predicted molar refractivity (Wildman–Crippen MR) is 127 cm³/mol. The zero-order valence-electron chi connectivity index (χ0n) is 18.3. The molecule has 3 aliphatic heterocycles. The largest absolute Gasteiger partial charge is 0.454 e. The first-order chi connectivity index (χ1) is 15.6. The lowest BCUT2D eigenvalue weighted by Gasteiger charge is -2.39. The van der Waals surface area contributed by atoms with Crippen molar-refractivity contribution in [2.45, 2.75) is 25.9 Å². The Morgan fingerprint density at radius 2 is 1.59 bits per heavy atom. The van der Waals surface area contributed by atoms with Crippen molar-refractivity contribution >= 4 is 21.8 Å². The predicted octanol–water partition coefficient (Wildman–Crippen LogP) is 3.73. The molecule has 1 amide bonds. The van der Waals surface area contributed by atoms with E-state index in [4.69, 9.17) is 9.47 Å². The third-order valence-electron chi connectivity index (χ3n) is 6.70. The van der Waals surface area contributed by atoms with Crippen LogP contribution in [0.3, 0.4) is 0 Å². The summed E-state index contributed by atoms with van der Waals surface area (Å²) >= 11 is 3.50. The number of benzene rings is 2. The number of carbonyl (C=O) groups excluding carboxylic acids is 1. The van der Waals surface area contributed by atoms with Gasteiger partial charge in [0.1, 0.15) is 0 Å². The average molecular weight is 500 g/mol. The molecule has 0 saturated carbocycles. The molecule has 32 heavy (non-hydrogen) atoms. The molecule has 2 aromatic rings. The fraction of sp³-hybridized carbons (Fsp3) is 0.480. The monoisotopic (exact) mass is 499 g/mol. The van der Waals surface area contributed by atoms with Crippen LogP contribution in [0.1, 0.15) is 24.0 Å². The van der Waals surface area contributed by atoms with E-state index in [0.717, 1.165) is 81.2 Å². The Hall–Kier alpha value is -2.09. The van der Waals surface area contributed by atoms with Crippen molar-refractivity contribution in [2.24, 2.45) is 5.92 Å². The Balaban J connectivity index is 1.11. The standard InChI is InChI=1S/C25H30BrN3O3/c26-22-6-3-19(4-7-22)15-28-9-1-2-21(17-28)25(30)29-12-10-27(11-13-29)16-20-5-8-23-24(14-20)32-18-31-23/h3-8,14,21H,1-2,9-13,15-18H2. The van der Waals surface area contributed by atoms with E-state index in [2.05, 4.69) is 67.0 Å². The molecule has 5 rings (SSSR count). The maximum atomic E-state index is 13.2. The molecule has 3 heterocycles. The summed E-state index contributed by atoms with van der Waals surface area (Å²) < 4.78 is 12.0. The van der Waals surface area contributed by atoms with Crippen molar-refractivity contribution in [1.82, 2.24) is 14.7 Å². The highest BCUT2D eigenvalue weighted by atomic mass is 79.9. The van der Waals surface area contributed by atoms with Crippen LogP contribution in [0.4, 0.5) is 0 Å². The first-order valence-corrected chi connectivity index (χ1v) is 12.3. The third-order valence-corrected chi connectivity index (χ3v) is 7.23. The van der Waals surface area contributed by atoms with Crippen molar-refractivity contribution < 1.29 is 14.3 Å². The maximum absolute atomic E-state index is 13.2. The summed E-state index contributed by atoms with van der Waals surface area (Å²) in [7, 11) is 0. The van der Waals surface area contributed by atoms with E-state index in [0.29, 0.717) is 12.7 Å². The molecule has 1 atom stereocenters. The molecule has 7 heteroatoms. The van der Waals surface area contributed by atoms with Gasteiger partial charge in [-0.1, -0.05) is 34.1 Å². The lowest BCUT2D eigenvalue weighted by molar-refractivity contribution is -0.139. The van der Waals surface area contributed by atoms with E-state index in [1.54, 1.807) is 0 Å². The normalized spacial score (nSPS) is 21.7. The SMILES string of the molecule is O=C(C1CCCN(Cc2ccc(Br)cc2)C1)N1CCN(Cc2ccc3c(c2)OCO3)CC1. The van der Waals surface area contributed by atoms with Gasteiger partial charge in [-0.05, 0) is 54.8 Å². The lowest BCUT2D eigenvalue weighted by Crippen LogP contribution is -2.52. The summed E-state index contributed by atoms with van der Waals surface area (Å²) in [5.74, 6) is 2.12. The number of rotatable bonds is 5. The number of carbonyl (C=O) groups is 1. The molecule has 0 aliphatic carbocycles. The molecule has 0 aromatic heterocycles. The number of piperazine rings is 1. The van der Waals surface area contributed by atoms with E-state index >= 15 is 0 Å². The van der Waals surface area contributed by atoms with Crippen molar-refractivity contribution in [3.8, 4) is 11.5 Å². The fourth-order valence-corrected chi connectivity index (χ4v) is 5.20. The zero-order chi connectivity index (χ0) is 21.9. The molecular formula is C25H30BrN3O3. The van der Waals surface area contributed by atoms with Gasteiger partial charge in [0.2, 0.25) is 12.7 Å². The van der Waals surface area contributed by atoms with Gasteiger partial charge in [-0.3, -0.25) is 14.6 Å². The number of hydrogen-bond acceptors (Lipinski definition) is 5. The van der Waals surface area contributed by atoms with Crippen LogP contribution in [-0.4, -0.2) is 66.7 Å². The summed E-state index contributed by atoms with van der Waals surface area (Å²) in [6.45, 7) is 7.49. The number of amides is 1. The molecule has 2 fully saturated rings. The van der Waals surface area contributed by atoms with Gasteiger partial charge in [0.05, 0.1) is 5.92 Å². The Bertz CT molecular complexity index is 944. The van der Waals surface area contributed by atoms with Crippen LogP contribution in [0, 0.1) is 5.92 Å². The molecule has 0 radical (unpaired) electrons. The van der Waals surface area contributed by atoms with E-state index in [1.807, 2.05) is 6.07 Å². The van der Waals surface area contributed by atoms with Crippen molar-refractivity contribution in [2.75, 3.05) is 46.1 Å². The van der Waals surface area contributed by atoms with Gasteiger partial charge in [-0.25, -0.2) is 0 Å². The highest BCUT2D eigenvalue weighted by Gasteiger charge is 2.31. The second-order valence-electron chi connectivity index (χ2n) is 8.99. The van der Waals surface area contributed by atoms with Crippen molar-refractivity contribution in [3.63, 3.8) is 0 Å². The van der Waals surface area contributed by atoms with Gasteiger partial charge in [-0.15, -0.1) is 0 Å². The van der Waals surface area contributed by atoms with Crippen LogP contribution in [0.15, 0.2) is 46.9 Å². The molecule has 6 nitrogen and oxygen atoms in total. The number of ether oxygens (including phenoxy) is 2.